The third-order valence-electron chi connectivity index (χ3n) is 7.83. The number of hydrogen-bond donors (Lipinski definition) is 2. The molecule has 0 aliphatic rings. The number of aryl methyl sites for hydroxylation is 3. The second kappa shape index (κ2) is 10.8. The van der Waals surface area contributed by atoms with Crippen molar-refractivity contribution in [2.45, 2.75) is 40.4 Å². The number of halogens is 3. The van der Waals surface area contributed by atoms with Gasteiger partial charge in [-0.25, -0.2) is 9.97 Å². The summed E-state index contributed by atoms with van der Waals surface area (Å²) < 4.78 is 45.4. The summed E-state index contributed by atoms with van der Waals surface area (Å²) in [5, 5.41) is 12.3. The van der Waals surface area contributed by atoms with Crippen LogP contribution in [0.4, 0.5) is 18.9 Å². The smallest absolute Gasteiger partial charge is 0.365 e. The second-order valence-corrected chi connectivity index (χ2v) is 11.6. The maximum Gasteiger partial charge on any atom is 0.433 e. The van der Waals surface area contributed by atoms with E-state index in [0.717, 1.165) is 23.0 Å². The molecule has 0 atom stereocenters. The summed E-state index contributed by atoms with van der Waals surface area (Å²) in [7, 11) is 1.81. The van der Waals surface area contributed by atoms with Crippen LogP contribution in [0.5, 0.6) is 0 Å². The minimum Gasteiger partial charge on any atom is -0.365 e. The van der Waals surface area contributed by atoms with Gasteiger partial charge in [-0.3, -0.25) is 19.0 Å². The van der Waals surface area contributed by atoms with E-state index < -0.39 is 23.7 Å². The number of thiophene rings is 1. The Morgan fingerprint density at radius 2 is 1.78 bits per heavy atom. The van der Waals surface area contributed by atoms with Crippen molar-refractivity contribution in [3.05, 3.63) is 75.8 Å². The zero-order valence-corrected chi connectivity index (χ0v) is 25.7. The van der Waals surface area contributed by atoms with E-state index >= 15 is 0 Å². The lowest BCUT2D eigenvalue weighted by atomic mass is 10.0. The van der Waals surface area contributed by atoms with E-state index in [1.54, 1.807) is 46.6 Å². The highest BCUT2D eigenvalue weighted by atomic mass is 32.1. The molecule has 1 aromatic carbocycles. The molecule has 0 fully saturated rings. The number of carbonyl (C=O) groups excluding carboxylic acids is 2. The molecule has 6 rings (SSSR count). The summed E-state index contributed by atoms with van der Waals surface area (Å²) in [5.74, 6) is -1.53. The van der Waals surface area contributed by atoms with Crippen molar-refractivity contribution >= 4 is 50.0 Å². The Labute approximate surface area is 258 Å². The van der Waals surface area contributed by atoms with Crippen molar-refractivity contribution in [2.75, 3.05) is 5.32 Å². The number of nitrogens with two attached hydrogens (primary N) is 1. The van der Waals surface area contributed by atoms with Gasteiger partial charge < -0.3 is 11.1 Å². The monoisotopic (exact) mass is 632 g/mol. The standard InChI is InChI=1S/C31H27F3N8O2S/c1-6-42-15(3)20(13-36-42)18-12-23(31(32,33)34)38-30-25(18)26(27(45-30)28(35)43)39-29(44)19-11-22(24-14(2)40-41(5)16(24)4)37-21-10-8-7-9-17(19)21/h7-13H,6H2,1-5H3,(H2,35,43)(H,39,44). The lowest BCUT2D eigenvalue weighted by molar-refractivity contribution is -0.140. The van der Waals surface area contributed by atoms with Crippen LogP contribution in [0.15, 0.2) is 42.6 Å². The van der Waals surface area contributed by atoms with Gasteiger partial charge in [0.05, 0.1) is 34.4 Å². The molecule has 10 nitrogen and oxygen atoms in total. The largest absolute Gasteiger partial charge is 0.433 e. The average Bonchev–Trinajstić information content (AvgIpc) is 3.63. The van der Waals surface area contributed by atoms with Gasteiger partial charge in [-0.05, 0) is 51.5 Å². The molecule has 3 N–H and O–H groups in total. The number of rotatable bonds is 6. The molecule has 0 radical (unpaired) electrons. The van der Waals surface area contributed by atoms with Gasteiger partial charge in [-0.2, -0.15) is 23.4 Å². The van der Waals surface area contributed by atoms with Crippen LogP contribution in [0.3, 0.4) is 0 Å². The minimum absolute atomic E-state index is 0.0245. The number of carbonyl (C=O) groups is 2. The first-order chi connectivity index (χ1) is 21.3. The van der Waals surface area contributed by atoms with Crippen LogP contribution in [0.25, 0.3) is 43.5 Å². The predicted octanol–water partition coefficient (Wildman–Crippen LogP) is 6.42. The Hall–Kier alpha value is -5.11. The van der Waals surface area contributed by atoms with E-state index in [-0.39, 0.29) is 31.9 Å². The molecule has 5 heterocycles. The third kappa shape index (κ3) is 5.00. The van der Waals surface area contributed by atoms with Gasteiger partial charge >= 0.3 is 6.18 Å². The highest BCUT2D eigenvalue weighted by Crippen LogP contribution is 2.44. The molecule has 0 aliphatic carbocycles. The maximum absolute atomic E-state index is 14.2. The van der Waals surface area contributed by atoms with E-state index in [1.165, 1.54) is 6.20 Å². The van der Waals surface area contributed by atoms with Crippen LogP contribution in [0.1, 0.15) is 49.7 Å². The second-order valence-electron chi connectivity index (χ2n) is 10.6. The topological polar surface area (TPSA) is 134 Å². The number of nitrogens with one attached hydrogen (secondary N) is 1. The van der Waals surface area contributed by atoms with Crippen molar-refractivity contribution in [1.82, 2.24) is 29.5 Å². The first-order valence-corrected chi connectivity index (χ1v) is 14.7. The van der Waals surface area contributed by atoms with E-state index in [1.807, 2.05) is 27.8 Å². The van der Waals surface area contributed by atoms with E-state index in [4.69, 9.17) is 10.7 Å². The van der Waals surface area contributed by atoms with E-state index in [2.05, 4.69) is 20.5 Å². The summed E-state index contributed by atoms with van der Waals surface area (Å²) in [4.78, 5) is 35.3. The highest BCUT2D eigenvalue weighted by molar-refractivity contribution is 7.21. The molecule has 0 aliphatic heterocycles. The molecule has 0 saturated heterocycles. The van der Waals surface area contributed by atoms with Crippen LogP contribution in [0.2, 0.25) is 0 Å². The van der Waals surface area contributed by atoms with Crippen molar-refractivity contribution < 1.29 is 22.8 Å². The molecule has 0 spiro atoms. The van der Waals surface area contributed by atoms with Gasteiger partial charge in [-0.15, -0.1) is 11.3 Å². The molecule has 14 heteroatoms. The molecule has 230 valence electrons. The fourth-order valence-electron chi connectivity index (χ4n) is 5.59. The van der Waals surface area contributed by atoms with Crippen molar-refractivity contribution in [2.24, 2.45) is 12.8 Å². The van der Waals surface area contributed by atoms with E-state index in [9.17, 15) is 22.8 Å². The zero-order chi connectivity index (χ0) is 32.4. The van der Waals surface area contributed by atoms with Crippen LogP contribution in [0, 0.1) is 20.8 Å². The predicted molar refractivity (Wildman–Crippen MR) is 166 cm³/mol. The normalized spacial score (nSPS) is 11.9. The third-order valence-corrected chi connectivity index (χ3v) is 8.93. The Bertz CT molecular complexity index is 2180. The number of para-hydroxylation sites is 1. The number of pyridine rings is 2. The summed E-state index contributed by atoms with van der Waals surface area (Å²) in [6, 6.07) is 9.65. The first-order valence-electron chi connectivity index (χ1n) is 13.9. The number of anilines is 1. The molecular formula is C31H27F3N8O2S. The van der Waals surface area contributed by atoms with Crippen LogP contribution >= 0.6 is 11.3 Å². The molecular weight excluding hydrogens is 605 g/mol. The van der Waals surface area contributed by atoms with Gasteiger partial charge in [0.2, 0.25) is 0 Å². The molecule has 0 bridgehead atoms. The molecule has 0 saturated carbocycles. The van der Waals surface area contributed by atoms with Crippen molar-refractivity contribution in [1.29, 1.82) is 0 Å². The summed E-state index contributed by atoms with van der Waals surface area (Å²) in [6.07, 6.45) is -3.31. The number of benzene rings is 1. The fourth-order valence-corrected chi connectivity index (χ4v) is 6.60. The number of nitrogens with zero attached hydrogens (tertiary/aromatic N) is 6. The summed E-state index contributed by atoms with van der Waals surface area (Å²) in [5.41, 5.74) is 9.33. The van der Waals surface area contributed by atoms with Crippen molar-refractivity contribution in [3.63, 3.8) is 0 Å². The lowest BCUT2D eigenvalue weighted by Crippen LogP contribution is -2.17. The average molecular weight is 633 g/mol. The highest BCUT2D eigenvalue weighted by Gasteiger charge is 2.35. The number of primary amides is 1. The number of amides is 2. The van der Waals surface area contributed by atoms with Gasteiger partial charge in [0.1, 0.15) is 15.4 Å². The number of fused-ring (bicyclic) bond motifs is 2. The van der Waals surface area contributed by atoms with E-state index in [0.29, 0.717) is 45.7 Å². The van der Waals surface area contributed by atoms with Gasteiger partial charge in [0.15, 0.2) is 0 Å². The number of alkyl halides is 3. The SMILES string of the molecule is CCn1ncc(-c2cc(C(F)(F)F)nc3sc(C(N)=O)c(NC(=O)c4cc(-c5c(C)nn(C)c5C)nc5ccccc45)c23)c1C. The van der Waals surface area contributed by atoms with Gasteiger partial charge in [0.25, 0.3) is 11.8 Å². The quantitative estimate of drug-likeness (QED) is 0.218. The summed E-state index contributed by atoms with van der Waals surface area (Å²) >= 11 is 0.686. The summed E-state index contributed by atoms with van der Waals surface area (Å²) in [6.45, 7) is 7.82. The first kappa shape index (κ1) is 29.9. The molecule has 5 aromatic heterocycles. The van der Waals surface area contributed by atoms with Crippen LogP contribution in [-0.2, 0) is 19.8 Å². The van der Waals surface area contributed by atoms with Gasteiger partial charge in [0, 0.05) is 46.9 Å². The lowest BCUT2D eigenvalue weighted by Gasteiger charge is -2.14. The Kier molecular flexibility index (Phi) is 7.19. The number of aromatic nitrogens is 6. The molecule has 45 heavy (non-hydrogen) atoms. The van der Waals surface area contributed by atoms with Crippen LogP contribution in [-0.4, -0.2) is 41.3 Å². The Morgan fingerprint density at radius 1 is 1.04 bits per heavy atom. The Morgan fingerprint density at radius 3 is 2.40 bits per heavy atom. The Balaban J connectivity index is 1.59. The maximum atomic E-state index is 14.2. The van der Waals surface area contributed by atoms with Gasteiger partial charge in [-0.1, -0.05) is 18.2 Å². The number of hydrogen-bond acceptors (Lipinski definition) is 7. The molecule has 6 aromatic rings. The zero-order valence-electron chi connectivity index (χ0n) is 24.9. The molecule has 0 unspecified atom stereocenters. The molecule has 2 amide bonds. The fraction of sp³-hybridized carbons (Fsp3) is 0.226. The van der Waals surface area contributed by atoms with Crippen LogP contribution < -0.4 is 11.1 Å². The van der Waals surface area contributed by atoms with Crippen molar-refractivity contribution in [3.8, 4) is 22.4 Å². The minimum atomic E-state index is -4.77.